The molecule has 0 spiro atoms. The van der Waals surface area contributed by atoms with Crippen LogP contribution in [0.25, 0.3) is 0 Å². The summed E-state index contributed by atoms with van der Waals surface area (Å²) in [7, 11) is 3.16. The average molecular weight is 336 g/mol. The van der Waals surface area contributed by atoms with Crippen LogP contribution in [0.4, 0.5) is 14.9 Å². The van der Waals surface area contributed by atoms with Crippen LogP contribution in [0.3, 0.4) is 0 Å². The van der Waals surface area contributed by atoms with Crippen molar-refractivity contribution in [3.05, 3.63) is 30.1 Å². The molecular formula is C16H21FN4O3. The Balaban J connectivity index is 1.91. The summed E-state index contributed by atoms with van der Waals surface area (Å²) in [6.07, 6.45) is 0.647. The molecule has 1 atom stereocenters. The zero-order valence-corrected chi connectivity index (χ0v) is 13.7. The van der Waals surface area contributed by atoms with Gasteiger partial charge in [0.15, 0.2) is 0 Å². The number of imide groups is 1. The number of amides is 4. The maximum atomic E-state index is 13.9. The third-order valence-corrected chi connectivity index (χ3v) is 4.02. The molecule has 1 heterocycles. The molecule has 0 aliphatic carbocycles. The molecule has 7 nitrogen and oxygen atoms in total. The number of nitrogens with zero attached hydrogens (tertiary/aromatic N) is 2. The first-order valence-electron chi connectivity index (χ1n) is 7.71. The largest absolute Gasteiger partial charge is 0.341 e. The summed E-state index contributed by atoms with van der Waals surface area (Å²) in [4.78, 5) is 38.4. The Morgan fingerprint density at radius 2 is 2.08 bits per heavy atom. The highest BCUT2D eigenvalue weighted by atomic mass is 19.1. The Morgan fingerprint density at radius 1 is 1.38 bits per heavy atom. The maximum Gasteiger partial charge on any atom is 0.321 e. The first kappa shape index (κ1) is 17.9. The Morgan fingerprint density at radius 3 is 2.75 bits per heavy atom. The number of hydrogen-bond donors (Lipinski definition) is 2. The van der Waals surface area contributed by atoms with Gasteiger partial charge in [0.2, 0.25) is 11.8 Å². The van der Waals surface area contributed by atoms with Crippen molar-refractivity contribution in [2.24, 2.45) is 0 Å². The fraction of sp³-hybridized carbons (Fsp3) is 0.438. The third kappa shape index (κ3) is 4.08. The van der Waals surface area contributed by atoms with E-state index in [-0.39, 0.29) is 18.0 Å². The number of rotatable bonds is 5. The van der Waals surface area contributed by atoms with Crippen LogP contribution < -0.4 is 15.5 Å². The molecule has 0 bridgehead atoms. The number of urea groups is 1. The molecular weight excluding hydrogens is 315 g/mol. The molecule has 2 N–H and O–H groups in total. The Bertz CT molecular complexity index is 638. The van der Waals surface area contributed by atoms with Gasteiger partial charge in [0.1, 0.15) is 5.82 Å². The highest BCUT2D eigenvalue weighted by molar-refractivity contribution is 5.99. The summed E-state index contributed by atoms with van der Waals surface area (Å²) < 4.78 is 13.9. The van der Waals surface area contributed by atoms with Crippen molar-refractivity contribution in [1.29, 1.82) is 0 Å². The fourth-order valence-electron chi connectivity index (χ4n) is 2.67. The second-order valence-corrected chi connectivity index (χ2v) is 5.60. The molecule has 0 radical (unpaired) electrons. The predicted octanol–water partition coefficient (Wildman–Crippen LogP) is 0.709. The lowest BCUT2D eigenvalue weighted by Crippen LogP contribution is -2.43. The van der Waals surface area contributed by atoms with Crippen molar-refractivity contribution in [2.75, 3.05) is 32.1 Å². The van der Waals surface area contributed by atoms with Gasteiger partial charge in [-0.1, -0.05) is 12.1 Å². The second kappa shape index (κ2) is 7.87. The molecule has 0 aromatic heterocycles. The maximum absolute atomic E-state index is 13.9. The van der Waals surface area contributed by atoms with Crippen LogP contribution in [0.5, 0.6) is 0 Å². The van der Waals surface area contributed by atoms with E-state index in [4.69, 9.17) is 0 Å². The molecule has 24 heavy (non-hydrogen) atoms. The van der Waals surface area contributed by atoms with Crippen LogP contribution in [0.15, 0.2) is 24.3 Å². The summed E-state index contributed by atoms with van der Waals surface area (Å²) >= 11 is 0. The summed E-state index contributed by atoms with van der Waals surface area (Å²) in [5.74, 6) is -1.04. The zero-order valence-electron chi connectivity index (χ0n) is 13.7. The highest BCUT2D eigenvalue weighted by Gasteiger charge is 2.36. The van der Waals surface area contributed by atoms with Gasteiger partial charge in [-0.15, -0.1) is 0 Å². The van der Waals surface area contributed by atoms with Crippen LogP contribution in [0.1, 0.15) is 12.8 Å². The van der Waals surface area contributed by atoms with E-state index in [1.807, 2.05) is 0 Å². The number of likely N-dealkylation sites (N-methyl/N-ethyl adjacent to an activating group) is 1. The van der Waals surface area contributed by atoms with E-state index in [1.54, 1.807) is 30.1 Å². The van der Waals surface area contributed by atoms with Crippen molar-refractivity contribution in [3.63, 3.8) is 0 Å². The molecule has 1 saturated heterocycles. The van der Waals surface area contributed by atoms with Gasteiger partial charge < -0.3 is 10.2 Å². The first-order chi connectivity index (χ1) is 11.4. The van der Waals surface area contributed by atoms with Gasteiger partial charge in [-0.3, -0.25) is 19.8 Å². The van der Waals surface area contributed by atoms with Crippen molar-refractivity contribution in [2.45, 2.75) is 18.9 Å². The van der Waals surface area contributed by atoms with Crippen LogP contribution in [-0.2, 0) is 9.59 Å². The minimum absolute atomic E-state index is 0.0907. The molecule has 2 rings (SSSR count). The van der Waals surface area contributed by atoms with E-state index in [0.29, 0.717) is 19.5 Å². The lowest BCUT2D eigenvalue weighted by atomic mass is 10.2. The normalized spacial score (nSPS) is 17.2. The van der Waals surface area contributed by atoms with Gasteiger partial charge in [-0.25, -0.2) is 9.18 Å². The van der Waals surface area contributed by atoms with Gasteiger partial charge >= 0.3 is 6.03 Å². The van der Waals surface area contributed by atoms with Gasteiger partial charge in [0.05, 0.1) is 11.7 Å². The number of anilines is 1. The Hall–Kier alpha value is -2.48. The monoisotopic (exact) mass is 336 g/mol. The predicted molar refractivity (Wildman–Crippen MR) is 87.0 cm³/mol. The highest BCUT2D eigenvalue weighted by Crippen LogP contribution is 2.26. The lowest BCUT2D eigenvalue weighted by molar-refractivity contribution is -0.123. The molecule has 1 aromatic carbocycles. The van der Waals surface area contributed by atoms with Crippen molar-refractivity contribution in [3.8, 4) is 0 Å². The first-order valence-corrected chi connectivity index (χ1v) is 7.71. The third-order valence-electron chi connectivity index (χ3n) is 4.02. The van der Waals surface area contributed by atoms with Crippen LogP contribution in [0.2, 0.25) is 0 Å². The van der Waals surface area contributed by atoms with Gasteiger partial charge in [-0.05, 0) is 25.6 Å². The molecule has 1 aromatic rings. The smallest absolute Gasteiger partial charge is 0.321 e. The van der Waals surface area contributed by atoms with Gasteiger partial charge in [0, 0.05) is 26.6 Å². The van der Waals surface area contributed by atoms with Crippen molar-refractivity contribution >= 4 is 23.5 Å². The van der Waals surface area contributed by atoms with Crippen molar-refractivity contribution < 1.29 is 18.8 Å². The Labute approximate surface area is 139 Å². The summed E-state index contributed by atoms with van der Waals surface area (Å²) in [5.41, 5.74) is 0.274. The molecule has 0 saturated carbocycles. The van der Waals surface area contributed by atoms with E-state index in [0.717, 1.165) is 0 Å². The van der Waals surface area contributed by atoms with Crippen LogP contribution >= 0.6 is 0 Å². The van der Waals surface area contributed by atoms with Crippen LogP contribution in [-0.4, -0.2) is 56.0 Å². The molecule has 1 aliphatic heterocycles. The average Bonchev–Trinajstić information content (AvgIpc) is 2.94. The summed E-state index contributed by atoms with van der Waals surface area (Å²) in [6, 6.07) is 5.19. The Kier molecular flexibility index (Phi) is 5.86. The number of halogens is 1. The lowest BCUT2D eigenvalue weighted by Gasteiger charge is -2.23. The quantitative estimate of drug-likeness (QED) is 0.830. The van der Waals surface area contributed by atoms with Crippen molar-refractivity contribution in [1.82, 2.24) is 15.5 Å². The van der Waals surface area contributed by atoms with Crippen LogP contribution in [0, 0.1) is 5.82 Å². The SMILES string of the molecule is CNC(=O)NC(=O)CCN(C)[C@@H]1CCN(c2ccccc2F)C1=O. The van der Waals surface area contributed by atoms with E-state index < -0.39 is 23.8 Å². The second-order valence-electron chi connectivity index (χ2n) is 5.60. The van der Waals surface area contributed by atoms with E-state index in [9.17, 15) is 18.8 Å². The van der Waals surface area contributed by atoms with E-state index in [1.165, 1.54) is 18.0 Å². The van der Waals surface area contributed by atoms with Gasteiger partial charge in [0.25, 0.3) is 0 Å². The standard InChI is InChI=1S/C16H21FN4O3/c1-18-16(24)19-14(22)8-9-20(2)13-7-10-21(15(13)23)12-6-4-3-5-11(12)17/h3-6,13H,7-10H2,1-2H3,(H2,18,19,22,24)/t13-/m1/s1. The molecule has 8 heteroatoms. The number of carbonyl (C=O) groups excluding carboxylic acids is 3. The summed E-state index contributed by atoms with van der Waals surface area (Å²) in [5, 5.41) is 4.46. The molecule has 0 unspecified atom stereocenters. The molecule has 1 aliphatic rings. The minimum atomic E-state index is -0.565. The zero-order chi connectivity index (χ0) is 17.7. The van der Waals surface area contributed by atoms with Gasteiger partial charge in [-0.2, -0.15) is 0 Å². The number of para-hydroxylation sites is 1. The van der Waals surface area contributed by atoms with E-state index in [2.05, 4.69) is 10.6 Å². The molecule has 1 fully saturated rings. The minimum Gasteiger partial charge on any atom is -0.341 e. The fourth-order valence-corrected chi connectivity index (χ4v) is 2.67. The number of nitrogens with one attached hydrogen (secondary N) is 2. The number of benzene rings is 1. The molecule has 4 amide bonds. The number of hydrogen-bond acceptors (Lipinski definition) is 4. The topological polar surface area (TPSA) is 81.8 Å². The number of carbonyl (C=O) groups is 3. The summed E-state index contributed by atoms with van der Waals surface area (Å²) in [6.45, 7) is 0.754. The molecule has 130 valence electrons. The van der Waals surface area contributed by atoms with E-state index >= 15 is 0 Å².